The molecule has 190 valence electrons. The van der Waals surface area contributed by atoms with Crippen LogP contribution in [0.2, 0.25) is 0 Å². The summed E-state index contributed by atoms with van der Waals surface area (Å²) in [5, 5.41) is 18.0. The van der Waals surface area contributed by atoms with Gasteiger partial charge in [-0.25, -0.2) is 8.42 Å². The highest BCUT2D eigenvalue weighted by molar-refractivity contribution is 7.89. The topological polar surface area (TPSA) is 90.3 Å². The number of ether oxygens (including phenoxy) is 1. The van der Waals surface area contributed by atoms with Crippen molar-refractivity contribution in [3.63, 3.8) is 0 Å². The Labute approximate surface area is 194 Å². The molecular weight excluding hydrogens is 461 g/mol. The molecule has 2 N–H and O–H groups in total. The van der Waals surface area contributed by atoms with Gasteiger partial charge in [0.15, 0.2) is 0 Å². The highest BCUT2D eigenvalue weighted by atomic mass is 32.2. The third-order valence-electron chi connectivity index (χ3n) is 6.07. The average molecular weight is 497 g/mol. The Balaban J connectivity index is 1.76. The van der Waals surface area contributed by atoms with Crippen molar-refractivity contribution >= 4 is 10.0 Å². The molecule has 1 saturated carbocycles. The Morgan fingerprint density at radius 3 is 2.06 bits per heavy atom. The molecule has 0 atom stereocenters. The Bertz CT molecular complexity index is 791. The maximum atomic E-state index is 12.8. The van der Waals surface area contributed by atoms with E-state index in [-0.39, 0.29) is 30.3 Å². The molecule has 7 nitrogen and oxygen atoms in total. The van der Waals surface area contributed by atoms with Crippen LogP contribution in [0.15, 0.2) is 29.2 Å². The van der Waals surface area contributed by atoms with Gasteiger partial charge in [-0.3, -0.25) is 4.90 Å². The van der Waals surface area contributed by atoms with Crippen LogP contribution in [-0.2, 0) is 20.9 Å². The van der Waals surface area contributed by atoms with Crippen molar-refractivity contribution in [1.82, 2.24) is 9.21 Å². The normalized spacial score (nSPS) is 20.0. The van der Waals surface area contributed by atoms with Crippen LogP contribution in [0.25, 0.3) is 0 Å². The van der Waals surface area contributed by atoms with Crippen LogP contribution in [0.1, 0.15) is 44.1 Å². The minimum Gasteiger partial charge on any atom is -0.395 e. The average Bonchev–Trinajstić information content (AvgIpc) is 2.78. The van der Waals surface area contributed by atoms with Gasteiger partial charge in [0.05, 0.1) is 29.8 Å². The van der Waals surface area contributed by atoms with Gasteiger partial charge in [0.25, 0.3) is 0 Å². The number of rotatable bonds is 13. The maximum absolute atomic E-state index is 12.8. The predicted octanol–water partition coefficient (Wildman–Crippen LogP) is 2.72. The molecule has 0 radical (unpaired) electrons. The van der Waals surface area contributed by atoms with Gasteiger partial charge >= 0.3 is 6.18 Å². The number of hydrogen-bond acceptors (Lipinski definition) is 6. The molecule has 0 bridgehead atoms. The number of benzene rings is 1. The Hall–Kier alpha value is -1.24. The molecule has 1 aliphatic carbocycles. The first-order valence-electron chi connectivity index (χ1n) is 11.3. The van der Waals surface area contributed by atoms with E-state index in [0.717, 1.165) is 56.5 Å². The highest BCUT2D eigenvalue weighted by Gasteiger charge is 2.34. The number of sulfonamides is 1. The standard InChI is InChI=1S/C22H35F3N2O5S/c1-26(33(30,31)21-10-4-18(5-11-21)22(23,24)25)19-6-8-20(9-7-19)32-17-3-2-12-27(13-15-28)14-16-29/h4-5,10-11,19-20,28-29H,2-3,6-9,12-17H2,1H3/t19-,20-. The number of aliphatic hydroxyl groups is 2. The van der Waals surface area contributed by atoms with Gasteiger partial charge in [-0.15, -0.1) is 0 Å². The maximum Gasteiger partial charge on any atom is 0.416 e. The second-order valence-corrected chi connectivity index (χ2v) is 10.3. The fraction of sp³-hybridized carbons (Fsp3) is 0.727. The number of alkyl halides is 3. The van der Waals surface area contributed by atoms with Crippen molar-refractivity contribution in [2.24, 2.45) is 0 Å². The van der Waals surface area contributed by atoms with Gasteiger partial charge in [-0.2, -0.15) is 17.5 Å². The van der Waals surface area contributed by atoms with E-state index in [1.165, 1.54) is 11.4 Å². The van der Waals surface area contributed by atoms with Crippen molar-refractivity contribution in [3.05, 3.63) is 29.8 Å². The molecule has 0 unspecified atom stereocenters. The molecule has 0 aliphatic heterocycles. The van der Waals surface area contributed by atoms with Crippen molar-refractivity contribution in [2.75, 3.05) is 46.5 Å². The fourth-order valence-corrected chi connectivity index (χ4v) is 5.48. The van der Waals surface area contributed by atoms with Crippen molar-refractivity contribution in [1.29, 1.82) is 0 Å². The fourth-order valence-electron chi connectivity index (χ4n) is 4.06. The lowest BCUT2D eigenvalue weighted by atomic mass is 9.93. The molecular formula is C22H35F3N2O5S. The summed E-state index contributed by atoms with van der Waals surface area (Å²) >= 11 is 0. The monoisotopic (exact) mass is 496 g/mol. The number of nitrogens with zero attached hydrogens (tertiary/aromatic N) is 2. The Morgan fingerprint density at radius 2 is 1.55 bits per heavy atom. The molecule has 0 heterocycles. The first kappa shape index (κ1) is 28.0. The van der Waals surface area contributed by atoms with E-state index in [9.17, 15) is 21.6 Å². The first-order valence-corrected chi connectivity index (χ1v) is 12.7. The molecule has 0 spiro atoms. The zero-order chi connectivity index (χ0) is 24.5. The van der Waals surface area contributed by atoms with Gasteiger partial charge in [0.2, 0.25) is 10.0 Å². The minimum absolute atomic E-state index is 0.0583. The summed E-state index contributed by atoms with van der Waals surface area (Å²) in [6, 6.07) is 3.37. The Kier molecular flexibility index (Phi) is 11.0. The highest BCUT2D eigenvalue weighted by Crippen LogP contribution is 2.32. The van der Waals surface area contributed by atoms with Gasteiger partial charge in [-0.1, -0.05) is 0 Å². The Morgan fingerprint density at radius 1 is 0.970 bits per heavy atom. The zero-order valence-corrected chi connectivity index (χ0v) is 19.8. The third kappa shape index (κ3) is 8.48. The SMILES string of the molecule is CN([C@H]1CC[C@H](OCCCCN(CCO)CCO)CC1)S(=O)(=O)c1ccc(C(F)(F)F)cc1. The summed E-state index contributed by atoms with van der Waals surface area (Å²) in [5.74, 6) is 0. The van der Waals surface area contributed by atoms with E-state index in [4.69, 9.17) is 14.9 Å². The van der Waals surface area contributed by atoms with Crippen molar-refractivity contribution < 1.29 is 36.5 Å². The molecule has 0 saturated heterocycles. The van der Waals surface area contributed by atoms with Crippen LogP contribution in [0.4, 0.5) is 13.2 Å². The van der Waals surface area contributed by atoms with E-state index in [2.05, 4.69) is 0 Å². The van der Waals surface area contributed by atoms with Crippen LogP contribution in [0, 0.1) is 0 Å². The van der Waals surface area contributed by atoms with Gasteiger partial charge in [0.1, 0.15) is 0 Å². The summed E-state index contributed by atoms with van der Waals surface area (Å²) in [4.78, 5) is 1.85. The second-order valence-electron chi connectivity index (χ2n) is 8.34. The van der Waals surface area contributed by atoms with E-state index in [1.807, 2.05) is 4.90 Å². The van der Waals surface area contributed by atoms with Crippen LogP contribution in [0.3, 0.4) is 0 Å². The third-order valence-corrected chi connectivity index (χ3v) is 8.00. The smallest absolute Gasteiger partial charge is 0.395 e. The van der Waals surface area contributed by atoms with Crippen LogP contribution in [-0.4, -0.2) is 86.5 Å². The lowest BCUT2D eigenvalue weighted by molar-refractivity contribution is -0.137. The van der Waals surface area contributed by atoms with Crippen molar-refractivity contribution in [3.8, 4) is 0 Å². The van der Waals surface area contributed by atoms with Gasteiger partial charge < -0.3 is 14.9 Å². The van der Waals surface area contributed by atoms with E-state index in [1.54, 1.807) is 0 Å². The molecule has 1 aliphatic rings. The number of aliphatic hydroxyl groups excluding tert-OH is 2. The van der Waals surface area contributed by atoms with Crippen LogP contribution >= 0.6 is 0 Å². The lowest BCUT2D eigenvalue weighted by Gasteiger charge is -2.34. The number of hydrogen-bond donors (Lipinski definition) is 2. The molecule has 0 amide bonds. The predicted molar refractivity (Wildman–Crippen MR) is 118 cm³/mol. The molecule has 11 heteroatoms. The number of halogens is 3. The van der Waals surface area contributed by atoms with E-state index >= 15 is 0 Å². The summed E-state index contributed by atoms with van der Waals surface area (Å²) in [6.45, 7) is 2.57. The zero-order valence-electron chi connectivity index (χ0n) is 19.0. The quantitative estimate of drug-likeness (QED) is 0.408. The molecule has 1 aromatic carbocycles. The minimum atomic E-state index is -4.51. The summed E-state index contributed by atoms with van der Waals surface area (Å²) in [6.07, 6.45) is -0.000463. The van der Waals surface area contributed by atoms with Crippen LogP contribution in [0.5, 0.6) is 0 Å². The van der Waals surface area contributed by atoms with Crippen molar-refractivity contribution in [2.45, 2.75) is 61.7 Å². The van der Waals surface area contributed by atoms with Gasteiger partial charge in [-0.05, 0) is 69.3 Å². The largest absolute Gasteiger partial charge is 0.416 e. The molecule has 2 rings (SSSR count). The van der Waals surface area contributed by atoms with E-state index < -0.39 is 21.8 Å². The first-order chi connectivity index (χ1) is 15.6. The molecule has 1 fully saturated rings. The molecule has 0 aromatic heterocycles. The number of unbranched alkanes of at least 4 members (excludes halogenated alkanes) is 1. The van der Waals surface area contributed by atoms with E-state index in [0.29, 0.717) is 32.5 Å². The molecule has 33 heavy (non-hydrogen) atoms. The molecule has 1 aromatic rings. The van der Waals surface area contributed by atoms with Crippen LogP contribution < -0.4 is 0 Å². The summed E-state index contributed by atoms with van der Waals surface area (Å²) < 4.78 is 71.1. The summed E-state index contributed by atoms with van der Waals surface area (Å²) in [5.41, 5.74) is -0.878. The van der Waals surface area contributed by atoms with Gasteiger partial charge in [0, 0.05) is 32.8 Å². The lowest BCUT2D eigenvalue weighted by Crippen LogP contribution is -2.40. The summed E-state index contributed by atoms with van der Waals surface area (Å²) in [7, 11) is -2.40. The second kappa shape index (κ2) is 13.0.